The van der Waals surface area contributed by atoms with Gasteiger partial charge in [-0.25, -0.2) is 4.98 Å². The van der Waals surface area contributed by atoms with Crippen LogP contribution >= 0.6 is 27.7 Å². The topological polar surface area (TPSA) is 95.1 Å². The van der Waals surface area contributed by atoms with Crippen molar-refractivity contribution < 1.29 is 14.7 Å². The van der Waals surface area contributed by atoms with Gasteiger partial charge < -0.3 is 15.4 Å². The minimum Gasteiger partial charge on any atom is -0.481 e. The number of aromatic amines is 1. The van der Waals surface area contributed by atoms with E-state index in [1.165, 1.54) is 11.8 Å². The van der Waals surface area contributed by atoms with Crippen LogP contribution in [-0.4, -0.2) is 32.7 Å². The van der Waals surface area contributed by atoms with Crippen LogP contribution in [0.25, 0.3) is 11.0 Å². The van der Waals surface area contributed by atoms with E-state index in [0.717, 1.165) is 15.5 Å². The second-order valence-electron chi connectivity index (χ2n) is 5.31. The van der Waals surface area contributed by atoms with Crippen molar-refractivity contribution in [1.82, 2.24) is 9.97 Å². The summed E-state index contributed by atoms with van der Waals surface area (Å²) < 4.78 is 0.962. The monoisotopic (exact) mass is 419 g/mol. The Morgan fingerprint density at radius 2 is 1.96 bits per heavy atom. The Bertz CT molecular complexity index is 925. The minimum atomic E-state index is -0.883. The van der Waals surface area contributed by atoms with Crippen molar-refractivity contribution in [3.8, 4) is 0 Å². The molecule has 8 heteroatoms. The van der Waals surface area contributed by atoms with Crippen LogP contribution < -0.4 is 5.32 Å². The Morgan fingerprint density at radius 3 is 2.68 bits per heavy atom. The lowest BCUT2D eigenvalue weighted by Crippen LogP contribution is -2.14. The molecule has 1 amide bonds. The number of aliphatic carboxylic acids is 1. The molecule has 128 valence electrons. The van der Waals surface area contributed by atoms with E-state index in [4.69, 9.17) is 5.11 Å². The molecule has 0 atom stereocenters. The minimum absolute atomic E-state index is 0.0355. The number of benzene rings is 2. The first-order valence-electron chi connectivity index (χ1n) is 7.38. The van der Waals surface area contributed by atoms with E-state index in [2.05, 4.69) is 31.2 Å². The summed E-state index contributed by atoms with van der Waals surface area (Å²) >= 11 is 4.73. The molecule has 3 N–H and O–H groups in total. The maximum atomic E-state index is 12.0. The summed E-state index contributed by atoms with van der Waals surface area (Å²) in [6.07, 6.45) is -0.0355. The van der Waals surface area contributed by atoms with E-state index in [1.807, 2.05) is 18.2 Å². The number of carboxylic acids is 1. The third-order valence-corrected chi connectivity index (χ3v) is 4.72. The Hall–Kier alpha value is -2.32. The van der Waals surface area contributed by atoms with Gasteiger partial charge in [-0.2, -0.15) is 0 Å². The zero-order valence-corrected chi connectivity index (χ0v) is 15.4. The smallest absolute Gasteiger partial charge is 0.307 e. The average molecular weight is 420 g/mol. The number of halogens is 1. The number of rotatable bonds is 6. The molecule has 3 rings (SSSR count). The van der Waals surface area contributed by atoms with Crippen LogP contribution in [0.4, 0.5) is 5.69 Å². The zero-order chi connectivity index (χ0) is 17.8. The van der Waals surface area contributed by atoms with Crippen molar-refractivity contribution >= 4 is 56.3 Å². The first kappa shape index (κ1) is 17.5. The van der Waals surface area contributed by atoms with Crippen LogP contribution in [0.15, 0.2) is 52.1 Å². The van der Waals surface area contributed by atoms with Crippen molar-refractivity contribution in [2.75, 3.05) is 11.1 Å². The molecule has 3 aromatic rings. The fourth-order valence-corrected chi connectivity index (χ4v) is 3.28. The molecule has 0 radical (unpaired) electrons. The largest absolute Gasteiger partial charge is 0.481 e. The predicted octanol–water partition coefficient (Wildman–Crippen LogP) is 3.68. The molecule has 0 saturated carbocycles. The summed E-state index contributed by atoms with van der Waals surface area (Å²) in [5.74, 6) is -0.818. The number of thioether (sulfide) groups is 1. The maximum absolute atomic E-state index is 12.0. The van der Waals surface area contributed by atoms with Crippen LogP contribution in [0, 0.1) is 0 Å². The van der Waals surface area contributed by atoms with Crippen molar-refractivity contribution in [2.45, 2.75) is 11.6 Å². The van der Waals surface area contributed by atoms with E-state index in [-0.39, 0.29) is 18.1 Å². The summed E-state index contributed by atoms with van der Waals surface area (Å²) in [5, 5.41) is 12.2. The highest BCUT2D eigenvalue weighted by Gasteiger charge is 2.08. The number of H-pyrrole nitrogens is 1. The SMILES string of the molecule is O=C(O)Cc1ccc(NC(=O)CSc2nc3ccc(Br)cc3[nH]2)cc1. The number of hydrogen-bond donors (Lipinski definition) is 3. The van der Waals surface area contributed by atoms with E-state index >= 15 is 0 Å². The summed E-state index contributed by atoms with van der Waals surface area (Å²) in [6.45, 7) is 0. The first-order valence-corrected chi connectivity index (χ1v) is 9.16. The highest BCUT2D eigenvalue weighted by Crippen LogP contribution is 2.22. The number of anilines is 1. The van der Waals surface area contributed by atoms with Crippen LogP contribution in [0.1, 0.15) is 5.56 Å². The lowest BCUT2D eigenvalue weighted by Gasteiger charge is -2.05. The van der Waals surface area contributed by atoms with Gasteiger partial charge in [-0.3, -0.25) is 9.59 Å². The summed E-state index contributed by atoms with van der Waals surface area (Å²) in [7, 11) is 0. The van der Waals surface area contributed by atoms with Gasteiger partial charge in [0.05, 0.1) is 23.2 Å². The van der Waals surface area contributed by atoms with Crippen LogP contribution in [-0.2, 0) is 16.0 Å². The van der Waals surface area contributed by atoms with E-state index in [0.29, 0.717) is 16.4 Å². The number of aromatic nitrogens is 2. The molecule has 0 spiro atoms. The fourth-order valence-electron chi connectivity index (χ4n) is 2.24. The van der Waals surface area contributed by atoms with Gasteiger partial charge in [0, 0.05) is 10.2 Å². The van der Waals surface area contributed by atoms with Gasteiger partial charge >= 0.3 is 5.97 Å². The van der Waals surface area contributed by atoms with Gasteiger partial charge in [0.15, 0.2) is 5.16 Å². The van der Waals surface area contributed by atoms with E-state index < -0.39 is 5.97 Å². The maximum Gasteiger partial charge on any atom is 0.307 e. The number of nitrogens with one attached hydrogen (secondary N) is 2. The van der Waals surface area contributed by atoms with E-state index in [9.17, 15) is 9.59 Å². The number of amides is 1. The van der Waals surface area contributed by atoms with Gasteiger partial charge in [-0.05, 0) is 35.9 Å². The molecule has 0 bridgehead atoms. The third-order valence-electron chi connectivity index (χ3n) is 3.36. The number of imidazole rings is 1. The van der Waals surface area contributed by atoms with Crippen molar-refractivity contribution in [3.05, 3.63) is 52.5 Å². The predicted molar refractivity (Wildman–Crippen MR) is 101 cm³/mol. The van der Waals surface area contributed by atoms with Gasteiger partial charge in [0.2, 0.25) is 5.91 Å². The second kappa shape index (κ2) is 7.71. The van der Waals surface area contributed by atoms with Gasteiger partial charge in [-0.15, -0.1) is 0 Å². The van der Waals surface area contributed by atoms with Crippen LogP contribution in [0.3, 0.4) is 0 Å². The Kier molecular flexibility index (Phi) is 5.40. The highest BCUT2D eigenvalue weighted by molar-refractivity contribution is 9.10. The molecular weight excluding hydrogens is 406 g/mol. The molecule has 0 unspecified atom stereocenters. The molecule has 6 nitrogen and oxygen atoms in total. The number of hydrogen-bond acceptors (Lipinski definition) is 4. The average Bonchev–Trinajstić information content (AvgIpc) is 2.96. The Morgan fingerprint density at radius 1 is 1.20 bits per heavy atom. The lowest BCUT2D eigenvalue weighted by atomic mass is 10.1. The van der Waals surface area contributed by atoms with Gasteiger partial charge in [-0.1, -0.05) is 39.8 Å². The molecule has 0 aliphatic heterocycles. The normalized spacial score (nSPS) is 10.8. The molecule has 1 heterocycles. The zero-order valence-electron chi connectivity index (χ0n) is 13.0. The van der Waals surface area contributed by atoms with Crippen LogP contribution in [0.5, 0.6) is 0 Å². The molecule has 0 saturated heterocycles. The van der Waals surface area contributed by atoms with Crippen molar-refractivity contribution in [2.24, 2.45) is 0 Å². The molecule has 0 aliphatic carbocycles. The number of carbonyl (C=O) groups is 2. The number of fused-ring (bicyclic) bond motifs is 1. The summed E-state index contributed by atoms with van der Waals surface area (Å²) in [4.78, 5) is 30.3. The van der Waals surface area contributed by atoms with Gasteiger partial charge in [0.25, 0.3) is 0 Å². The number of carboxylic acid groups (broad SMARTS) is 1. The first-order chi connectivity index (χ1) is 12.0. The Balaban J connectivity index is 1.55. The summed E-state index contributed by atoms with van der Waals surface area (Å²) in [6, 6.07) is 12.5. The number of nitrogens with zero attached hydrogens (tertiary/aromatic N) is 1. The van der Waals surface area contributed by atoms with E-state index in [1.54, 1.807) is 24.3 Å². The standard InChI is InChI=1S/C17H14BrN3O3S/c18-11-3-6-13-14(8-11)21-17(20-13)25-9-15(22)19-12-4-1-10(2-5-12)7-16(23)24/h1-6,8H,7,9H2,(H,19,22)(H,20,21)(H,23,24). The fraction of sp³-hybridized carbons (Fsp3) is 0.118. The summed E-state index contributed by atoms with van der Waals surface area (Å²) in [5.41, 5.74) is 3.08. The van der Waals surface area contributed by atoms with Gasteiger partial charge in [0.1, 0.15) is 0 Å². The molecule has 0 fully saturated rings. The number of carbonyl (C=O) groups excluding carboxylic acids is 1. The molecule has 1 aromatic heterocycles. The molecule has 0 aliphatic rings. The van der Waals surface area contributed by atoms with Crippen LogP contribution in [0.2, 0.25) is 0 Å². The highest BCUT2D eigenvalue weighted by atomic mass is 79.9. The second-order valence-corrected chi connectivity index (χ2v) is 7.19. The Labute approximate surface area is 156 Å². The van der Waals surface area contributed by atoms with Crippen molar-refractivity contribution in [1.29, 1.82) is 0 Å². The lowest BCUT2D eigenvalue weighted by molar-refractivity contribution is -0.136. The molecule has 2 aromatic carbocycles. The van der Waals surface area contributed by atoms with Crippen molar-refractivity contribution in [3.63, 3.8) is 0 Å². The third kappa shape index (κ3) is 4.83. The molecular formula is C17H14BrN3O3S. The quantitative estimate of drug-likeness (QED) is 0.529. The molecule has 25 heavy (non-hydrogen) atoms.